The molecule has 3 rings (SSSR count). The molecule has 1 unspecified atom stereocenters. The van der Waals surface area contributed by atoms with Gasteiger partial charge in [0.15, 0.2) is 5.82 Å². The van der Waals surface area contributed by atoms with Crippen LogP contribution in [0.15, 0.2) is 82.9 Å². The predicted octanol–water partition coefficient (Wildman–Crippen LogP) is 2.26. The quantitative estimate of drug-likeness (QED) is 0.755. The molecule has 6 nitrogen and oxygen atoms in total. The van der Waals surface area contributed by atoms with E-state index in [-0.39, 0.29) is 0 Å². The first kappa shape index (κ1) is 14.0. The van der Waals surface area contributed by atoms with E-state index in [0.717, 1.165) is 11.1 Å². The lowest BCUT2D eigenvalue weighted by Crippen LogP contribution is -2.52. The highest BCUT2D eigenvalue weighted by Crippen LogP contribution is 2.23. The summed E-state index contributed by atoms with van der Waals surface area (Å²) >= 11 is 0. The monoisotopic (exact) mass is 292 g/mol. The Hall–Kier alpha value is -2.99. The number of hydrogen-bond acceptors (Lipinski definition) is 6. The minimum Gasteiger partial charge on any atom is -0.385 e. The van der Waals surface area contributed by atoms with Gasteiger partial charge in [0.25, 0.3) is 0 Å². The maximum Gasteiger partial charge on any atom is 0.223 e. The van der Waals surface area contributed by atoms with Gasteiger partial charge in [-0.3, -0.25) is 5.73 Å². The first-order valence-electron chi connectivity index (χ1n) is 6.82. The first-order valence-corrected chi connectivity index (χ1v) is 6.82. The second kappa shape index (κ2) is 5.79. The third-order valence-electron chi connectivity index (χ3n) is 3.18. The molecule has 110 valence electrons. The van der Waals surface area contributed by atoms with Crippen LogP contribution in [0.4, 0.5) is 5.82 Å². The number of azo groups is 1. The highest BCUT2D eigenvalue weighted by Gasteiger charge is 2.26. The summed E-state index contributed by atoms with van der Waals surface area (Å²) in [6.07, 6.45) is 5.21. The number of dihydropyridines is 1. The molecule has 0 bridgehead atoms. The number of allylic oxidation sites excluding steroid dienone is 2. The van der Waals surface area contributed by atoms with E-state index < -0.39 is 5.79 Å². The van der Waals surface area contributed by atoms with Crippen molar-refractivity contribution in [2.24, 2.45) is 21.7 Å². The zero-order chi connectivity index (χ0) is 15.4. The molecule has 22 heavy (non-hydrogen) atoms. The fourth-order valence-electron chi connectivity index (χ4n) is 2.10. The number of pyridine rings is 1. The average molecular weight is 292 g/mol. The van der Waals surface area contributed by atoms with Gasteiger partial charge in [0, 0.05) is 11.8 Å². The van der Waals surface area contributed by atoms with Gasteiger partial charge in [0.1, 0.15) is 5.82 Å². The van der Waals surface area contributed by atoms with Gasteiger partial charge in [-0.25, -0.2) is 4.98 Å². The fraction of sp³-hybridized carbons (Fsp3) is 0.0625. The average Bonchev–Trinajstić information content (AvgIpc) is 2.55. The molecule has 0 radical (unpaired) electrons. The second-order valence-corrected chi connectivity index (χ2v) is 4.86. The van der Waals surface area contributed by atoms with Crippen molar-refractivity contribution < 1.29 is 0 Å². The fourth-order valence-corrected chi connectivity index (χ4v) is 2.10. The molecule has 6 heteroatoms. The summed E-state index contributed by atoms with van der Waals surface area (Å²) in [4.78, 5) is 4.06. The maximum atomic E-state index is 6.14. The van der Waals surface area contributed by atoms with Crippen LogP contribution in [-0.4, -0.2) is 10.8 Å². The molecular weight excluding hydrogens is 276 g/mol. The van der Waals surface area contributed by atoms with E-state index in [2.05, 4.69) is 20.5 Å². The van der Waals surface area contributed by atoms with Gasteiger partial charge < -0.3 is 11.1 Å². The van der Waals surface area contributed by atoms with Crippen LogP contribution in [0.25, 0.3) is 5.57 Å². The molecular formula is C16H16N6. The Kier molecular flexibility index (Phi) is 3.67. The Morgan fingerprint density at radius 3 is 2.50 bits per heavy atom. The Bertz CT molecular complexity index is 736. The topological polar surface area (TPSA) is 102 Å². The van der Waals surface area contributed by atoms with Gasteiger partial charge in [0.05, 0.1) is 0 Å². The van der Waals surface area contributed by atoms with E-state index in [4.69, 9.17) is 11.5 Å². The lowest BCUT2D eigenvalue weighted by molar-refractivity contribution is 0.452. The lowest BCUT2D eigenvalue weighted by atomic mass is 10.0. The highest BCUT2D eigenvalue weighted by atomic mass is 15.4. The molecule has 0 aliphatic carbocycles. The van der Waals surface area contributed by atoms with Crippen LogP contribution < -0.4 is 16.8 Å². The molecule has 0 saturated heterocycles. The zero-order valence-electron chi connectivity index (χ0n) is 11.8. The molecule has 1 aliphatic rings. The van der Waals surface area contributed by atoms with Crippen molar-refractivity contribution in [3.63, 3.8) is 0 Å². The minimum absolute atomic E-state index is 0.455. The first-order chi connectivity index (χ1) is 10.7. The van der Waals surface area contributed by atoms with Crippen LogP contribution >= 0.6 is 0 Å². The van der Waals surface area contributed by atoms with Crippen LogP contribution in [-0.2, 0) is 0 Å². The minimum atomic E-state index is -1.18. The van der Waals surface area contributed by atoms with E-state index >= 15 is 0 Å². The molecule has 2 heterocycles. The maximum absolute atomic E-state index is 6.14. The van der Waals surface area contributed by atoms with E-state index in [1.54, 1.807) is 18.3 Å². The van der Waals surface area contributed by atoms with Crippen molar-refractivity contribution in [2.75, 3.05) is 0 Å². The van der Waals surface area contributed by atoms with E-state index in [1.165, 1.54) is 0 Å². The number of hydrogen-bond donors (Lipinski definition) is 3. The number of nitrogens with one attached hydrogen (secondary N) is 1. The molecule has 1 atom stereocenters. The van der Waals surface area contributed by atoms with Crippen LogP contribution in [0.3, 0.4) is 0 Å². The van der Waals surface area contributed by atoms with Gasteiger partial charge in [-0.2, -0.15) is 0 Å². The summed E-state index contributed by atoms with van der Waals surface area (Å²) in [5, 5.41) is 11.1. The van der Waals surface area contributed by atoms with Crippen molar-refractivity contribution in [3.05, 3.63) is 78.3 Å². The summed E-state index contributed by atoms with van der Waals surface area (Å²) in [6.45, 7) is 0. The molecule has 2 aromatic rings. The number of aromatic nitrogens is 1. The molecule has 1 aromatic carbocycles. The Balaban J connectivity index is 1.81. The van der Waals surface area contributed by atoms with Crippen LogP contribution in [0.5, 0.6) is 0 Å². The number of benzene rings is 1. The van der Waals surface area contributed by atoms with Crippen LogP contribution in [0.2, 0.25) is 0 Å². The second-order valence-electron chi connectivity index (χ2n) is 4.86. The van der Waals surface area contributed by atoms with Crippen molar-refractivity contribution in [1.29, 1.82) is 0 Å². The summed E-state index contributed by atoms with van der Waals surface area (Å²) < 4.78 is 0. The number of nitrogens with zero attached hydrogens (tertiary/aromatic N) is 3. The Morgan fingerprint density at radius 1 is 1.05 bits per heavy atom. The highest BCUT2D eigenvalue weighted by molar-refractivity contribution is 5.77. The van der Waals surface area contributed by atoms with Crippen LogP contribution in [0.1, 0.15) is 5.56 Å². The number of rotatable bonds is 3. The lowest BCUT2D eigenvalue weighted by Gasteiger charge is -2.27. The third kappa shape index (κ3) is 3.02. The summed E-state index contributed by atoms with van der Waals surface area (Å²) in [5.41, 5.74) is 14.1. The van der Waals surface area contributed by atoms with Gasteiger partial charge in [-0.05, 0) is 29.8 Å². The molecule has 0 fully saturated rings. The van der Waals surface area contributed by atoms with Gasteiger partial charge >= 0.3 is 0 Å². The van der Waals surface area contributed by atoms with E-state index in [1.807, 2.05) is 48.5 Å². The van der Waals surface area contributed by atoms with Gasteiger partial charge in [0.2, 0.25) is 5.79 Å². The molecule has 1 aromatic heterocycles. The Morgan fingerprint density at radius 2 is 1.82 bits per heavy atom. The van der Waals surface area contributed by atoms with Crippen molar-refractivity contribution in [3.8, 4) is 0 Å². The van der Waals surface area contributed by atoms with E-state index in [9.17, 15) is 0 Å². The molecule has 0 spiro atoms. The molecule has 0 amide bonds. The molecule has 1 aliphatic heterocycles. The normalized spacial score (nSPS) is 21.1. The number of nitrogens with two attached hydrogens (primary N) is 2. The standard InChI is InChI=1S/C16H16N6/c17-15-13(12-6-2-1-3-7-12)9-10-16(18,20-15)22-21-14-8-4-5-11-19-14/h1-11,20H,17-18H2. The summed E-state index contributed by atoms with van der Waals surface area (Å²) in [5.74, 6) is -0.241. The predicted molar refractivity (Wildman–Crippen MR) is 85.5 cm³/mol. The zero-order valence-corrected chi connectivity index (χ0v) is 11.8. The van der Waals surface area contributed by atoms with E-state index in [0.29, 0.717) is 11.6 Å². The van der Waals surface area contributed by atoms with Crippen molar-refractivity contribution >= 4 is 11.4 Å². The van der Waals surface area contributed by atoms with Crippen molar-refractivity contribution in [1.82, 2.24) is 10.3 Å². The van der Waals surface area contributed by atoms with Crippen LogP contribution in [0, 0.1) is 0 Å². The summed E-state index contributed by atoms with van der Waals surface area (Å²) in [7, 11) is 0. The van der Waals surface area contributed by atoms with Crippen molar-refractivity contribution in [2.45, 2.75) is 5.79 Å². The Labute approximate surface area is 128 Å². The van der Waals surface area contributed by atoms with Gasteiger partial charge in [-0.1, -0.05) is 36.4 Å². The third-order valence-corrected chi connectivity index (χ3v) is 3.18. The SMILES string of the molecule is NC1=C(c2ccccc2)C=CC(N)(N=Nc2ccccn2)N1. The largest absolute Gasteiger partial charge is 0.385 e. The van der Waals surface area contributed by atoms with Gasteiger partial charge in [-0.15, -0.1) is 10.2 Å². The molecule has 5 N–H and O–H groups in total. The summed E-state index contributed by atoms with van der Waals surface area (Å²) in [6, 6.07) is 15.2. The molecule has 0 saturated carbocycles. The smallest absolute Gasteiger partial charge is 0.223 e.